The van der Waals surface area contributed by atoms with E-state index >= 15 is 0 Å². The molecule has 1 unspecified atom stereocenters. The Morgan fingerprint density at radius 3 is 2.58 bits per heavy atom. The minimum atomic E-state index is -2.51. The van der Waals surface area contributed by atoms with Gasteiger partial charge >= 0.3 is 0 Å². The first kappa shape index (κ1) is 16.6. The van der Waals surface area contributed by atoms with E-state index in [0.717, 1.165) is 10.3 Å². The third kappa shape index (κ3) is 5.23. The third-order valence-corrected chi connectivity index (χ3v) is 5.17. The fraction of sp³-hybridized carbons (Fsp3) is 0.700. The lowest BCUT2D eigenvalue weighted by Crippen LogP contribution is -2.30. The van der Waals surface area contributed by atoms with Crippen molar-refractivity contribution < 1.29 is 18.0 Å². The Balaban J connectivity index is 2.60. The van der Waals surface area contributed by atoms with Crippen LogP contribution in [0.2, 0.25) is 30.7 Å². The molecule has 1 rings (SSSR count). The summed E-state index contributed by atoms with van der Waals surface area (Å²) < 4.78 is 33.5. The van der Waals surface area contributed by atoms with Crippen molar-refractivity contribution in [3.8, 4) is 0 Å². The Labute approximate surface area is 121 Å². The molecular formula is C10H18ClN2O4SSi-. The van der Waals surface area contributed by atoms with E-state index in [0.29, 0.717) is 12.4 Å². The molecule has 0 saturated heterocycles. The molecule has 0 amide bonds. The highest BCUT2D eigenvalue weighted by Crippen LogP contribution is 2.28. The molecule has 1 atom stereocenters. The maximum Gasteiger partial charge on any atom is 0.204 e. The van der Waals surface area contributed by atoms with E-state index in [1.807, 2.05) is 0 Å². The van der Waals surface area contributed by atoms with Crippen LogP contribution in [0.15, 0.2) is 4.52 Å². The minimum absolute atomic E-state index is 0.0560. The summed E-state index contributed by atoms with van der Waals surface area (Å²) in [6.45, 7) is 8.66. The summed E-state index contributed by atoms with van der Waals surface area (Å²) in [7, 11) is -1.20. The highest BCUT2D eigenvalue weighted by Gasteiger charge is 2.19. The van der Waals surface area contributed by atoms with Crippen LogP contribution in [0.5, 0.6) is 0 Å². The maximum atomic E-state index is 11.2. The molecule has 1 aromatic rings. The van der Waals surface area contributed by atoms with Gasteiger partial charge in [-0.05, 0) is 13.0 Å². The molecule has 0 aliphatic carbocycles. The fourth-order valence-electron chi connectivity index (χ4n) is 1.20. The van der Waals surface area contributed by atoms with Crippen molar-refractivity contribution in [1.29, 1.82) is 0 Å². The fourth-order valence-corrected chi connectivity index (χ4v) is 2.61. The van der Waals surface area contributed by atoms with Gasteiger partial charge in [0, 0.05) is 14.7 Å². The van der Waals surface area contributed by atoms with Crippen LogP contribution in [-0.4, -0.2) is 35.3 Å². The van der Waals surface area contributed by atoms with Crippen LogP contribution in [0.4, 0.5) is 5.82 Å². The largest absolute Gasteiger partial charge is 0.755 e. The van der Waals surface area contributed by atoms with E-state index in [4.69, 9.17) is 20.9 Å². The summed E-state index contributed by atoms with van der Waals surface area (Å²) in [4.78, 5) is 0. The molecule has 0 radical (unpaired) electrons. The topological polar surface area (TPSA) is 78.6 Å². The molecule has 110 valence electrons. The van der Waals surface area contributed by atoms with Crippen molar-refractivity contribution in [2.45, 2.75) is 32.6 Å². The van der Waals surface area contributed by atoms with Crippen molar-refractivity contribution in [2.24, 2.45) is 0 Å². The molecule has 0 aliphatic rings. The monoisotopic (exact) mass is 325 g/mol. The van der Waals surface area contributed by atoms with Crippen molar-refractivity contribution in [3.63, 3.8) is 0 Å². The average molecular weight is 326 g/mol. The van der Waals surface area contributed by atoms with E-state index < -0.39 is 19.3 Å². The van der Waals surface area contributed by atoms with Crippen LogP contribution in [0.1, 0.15) is 5.76 Å². The predicted octanol–water partition coefficient (Wildman–Crippen LogP) is 2.55. The Hall–Kier alpha value is -0.413. The molecule has 0 N–H and O–H groups in total. The van der Waals surface area contributed by atoms with E-state index in [1.54, 1.807) is 6.92 Å². The summed E-state index contributed by atoms with van der Waals surface area (Å²) in [5.74, 6) is 0.426. The van der Waals surface area contributed by atoms with Crippen LogP contribution < -0.4 is 4.31 Å². The lowest BCUT2D eigenvalue weighted by molar-refractivity contribution is 0.155. The molecule has 9 heteroatoms. The Morgan fingerprint density at radius 2 is 2.16 bits per heavy atom. The lowest BCUT2D eigenvalue weighted by Gasteiger charge is -2.24. The summed E-state index contributed by atoms with van der Waals surface area (Å²) in [6, 6.07) is 0.956. The second-order valence-corrected chi connectivity index (χ2v) is 12.2. The molecule has 0 fully saturated rings. The molecule has 0 aromatic carbocycles. The van der Waals surface area contributed by atoms with Crippen LogP contribution in [0, 0.1) is 6.92 Å². The number of aromatic nitrogens is 1. The molecule has 0 aliphatic heterocycles. The first-order chi connectivity index (χ1) is 8.72. The molecule has 0 bridgehead atoms. The predicted molar refractivity (Wildman–Crippen MR) is 76.6 cm³/mol. The zero-order valence-electron chi connectivity index (χ0n) is 11.4. The van der Waals surface area contributed by atoms with Crippen molar-refractivity contribution >= 4 is 36.8 Å². The van der Waals surface area contributed by atoms with Gasteiger partial charge in [0.05, 0.1) is 11.3 Å². The Bertz CT molecular complexity index is 449. The van der Waals surface area contributed by atoms with Gasteiger partial charge in [-0.1, -0.05) is 36.4 Å². The molecule has 6 nitrogen and oxygen atoms in total. The number of hydrogen-bond acceptors (Lipinski definition) is 5. The van der Waals surface area contributed by atoms with E-state index in [9.17, 15) is 8.76 Å². The van der Waals surface area contributed by atoms with Crippen LogP contribution in [0.25, 0.3) is 0 Å². The number of hydrogen-bond donors (Lipinski definition) is 0. The second kappa shape index (κ2) is 6.85. The molecule has 0 saturated carbocycles. The third-order valence-electron chi connectivity index (χ3n) is 2.40. The average Bonchev–Trinajstić information content (AvgIpc) is 2.58. The number of ether oxygens (including phenoxy) is 1. The Kier molecular flexibility index (Phi) is 6.00. The number of aryl methyl sites for hydroxylation is 1. The minimum Gasteiger partial charge on any atom is -0.755 e. The second-order valence-electron chi connectivity index (χ2n) is 5.32. The van der Waals surface area contributed by atoms with Gasteiger partial charge < -0.3 is 13.8 Å². The highest BCUT2D eigenvalue weighted by atomic mass is 35.5. The maximum absolute atomic E-state index is 11.2. The number of rotatable bonds is 7. The van der Waals surface area contributed by atoms with Crippen molar-refractivity contribution in [3.05, 3.63) is 10.8 Å². The normalized spacial score (nSPS) is 13.6. The molecule has 0 spiro atoms. The summed E-state index contributed by atoms with van der Waals surface area (Å²) in [6.07, 6.45) is 0. The van der Waals surface area contributed by atoms with Gasteiger partial charge in [0.1, 0.15) is 11.8 Å². The van der Waals surface area contributed by atoms with Gasteiger partial charge in [-0.2, -0.15) is 0 Å². The summed E-state index contributed by atoms with van der Waals surface area (Å²) >= 11 is 3.40. The van der Waals surface area contributed by atoms with E-state index in [1.165, 1.54) is 0 Å². The number of halogens is 1. The van der Waals surface area contributed by atoms with Gasteiger partial charge in [-0.3, -0.25) is 8.51 Å². The van der Waals surface area contributed by atoms with E-state index in [2.05, 4.69) is 24.8 Å². The quantitative estimate of drug-likeness (QED) is 0.333. The first-order valence-corrected chi connectivity index (χ1v) is 10.9. The van der Waals surface area contributed by atoms with Gasteiger partial charge in [0.2, 0.25) is 5.82 Å². The van der Waals surface area contributed by atoms with Crippen LogP contribution in [-0.2, 0) is 16.0 Å². The van der Waals surface area contributed by atoms with E-state index in [-0.39, 0.29) is 17.6 Å². The number of nitrogens with zero attached hydrogens (tertiary/aromatic N) is 2. The van der Waals surface area contributed by atoms with Gasteiger partial charge in [-0.15, -0.1) is 0 Å². The lowest BCUT2D eigenvalue weighted by atomic mass is 10.5. The number of anilines is 1. The van der Waals surface area contributed by atoms with Gasteiger partial charge in [-0.25, -0.2) is 0 Å². The zero-order valence-corrected chi connectivity index (χ0v) is 14.0. The first-order valence-electron chi connectivity index (χ1n) is 5.79. The highest BCUT2D eigenvalue weighted by molar-refractivity contribution is 7.80. The molecule has 1 heterocycles. The van der Waals surface area contributed by atoms with Gasteiger partial charge in [0.15, 0.2) is 5.76 Å². The molecule has 19 heavy (non-hydrogen) atoms. The zero-order chi connectivity index (χ0) is 14.6. The van der Waals surface area contributed by atoms with Gasteiger partial charge in [0.25, 0.3) is 0 Å². The van der Waals surface area contributed by atoms with Crippen LogP contribution >= 0.6 is 11.6 Å². The SMILES string of the molecule is Cc1onc(N(COCC[Si](C)(C)C)S(=O)[O-])c1Cl. The smallest absolute Gasteiger partial charge is 0.204 e. The molecule has 1 aromatic heterocycles. The van der Waals surface area contributed by atoms with Crippen molar-refractivity contribution in [1.82, 2.24) is 5.16 Å². The summed E-state index contributed by atoms with van der Waals surface area (Å²) in [5, 5.41) is 3.80. The van der Waals surface area contributed by atoms with Crippen LogP contribution in [0.3, 0.4) is 0 Å². The Morgan fingerprint density at radius 1 is 1.53 bits per heavy atom. The standard InChI is InChI=1S/C10H19ClN2O4SSi/c1-8-9(11)10(12-17-8)13(18(14)15)7-16-5-6-19(2,3)4/h5-7H2,1-4H3,(H,14,15)/p-1. The molecular weight excluding hydrogens is 308 g/mol. The summed E-state index contributed by atoms with van der Waals surface area (Å²) in [5.41, 5.74) is 0. The van der Waals surface area contributed by atoms with Crippen molar-refractivity contribution in [2.75, 3.05) is 17.6 Å².